The van der Waals surface area contributed by atoms with Gasteiger partial charge in [-0.05, 0) is 35.2 Å². The second-order valence-corrected chi connectivity index (χ2v) is 3.99. The lowest BCUT2D eigenvalue weighted by Crippen LogP contribution is -2.01. The zero-order valence-electron chi connectivity index (χ0n) is 9.58. The summed E-state index contributed by atoms with van der Waals surface area (Å²) in [4.78, 5) is 17.9. The molecule has 0 saturated heterocycles. The third kappa shape index (κ3) is 2.08. The van der Waals surface area contributed by atoms with Crippen LogP contribution in [0.1, 0.15) is 5.56 Å². The van der Waals surface area contributed by atoms with Gasteiger partial charge in [0, 0.05) is 30.2 Å². The Kier molecular flexibility index (Phi) is 2.53. The quantitative estimate of drug-likeness (QED) is 0.743. The van der Waals surface area contributed by atoms with Crippen molar-refractivity contribution in [1.82, 2.24) is 14.5 Å². The van der Waals surface area contributed by atoms with Gasteiger partial charge in [0.1, 0.15) is 0 Å². The van der Waals surface area contributed by atoms with E-state index in [1.54, 1.807) is 12.5 Å². The van der Waals surface area contributed by atoms with E-state index >= 15 is 0 Å². The molecule has 2 aromatic heterocycles. The van der Waals surface area contributed by atoms with Crippen LogP contribution in [0.3, 0.4) is 0 Å². The molecule has 0 atom stereocenters. The Labute approximate surface area is 103 Å². The number of H-pyrrole nitrogens is 1. The highest BCUT2D eigenvalue weighted by atomic mass is 16.1. The van der Waals surface area contributed by atoms with Gasteiger partial charge in [0.25, 0.3) is 0 Å². The summed E-state index contributed by atoms with van der Waals surface area (Å²) in [6, 6.07) is 9.25. The molecule has 0 saturated carbocycles. The Balaban J connectivity index is 1.98. The summed E-state index contributed by atoms with van der Waals surface area (Å²) in [6.45, 7) is 0. The molecule has 4 heteroatoms. The zero-order chi connectivity index (χ0) is 12.4. The van der Waals surface area contributed by atoms with Gasteiger partial charge >= 0.3 is 0 Å². The Morgan fingerprint density at radius 2 is 2.17 bits per heavy atom. The maximum absolute atomic E-state index is 11.2. The predicted molar refractivity (Wildman–Crippen MR) is 72.0 cm³/mol. The van der Waals surface area contributed by atoms with Gasteiger partial charge in [0.15, 0.2) is 0 Å². The van der Waals surface area contributed by atoms with Crippen LogP contribution < -0.4 is 5.56 Å². The molecule has 0 aliphatic rings. The van der Waals surface area contributed by atoms with Gasteiger partial charge in [-0.25, -0.2) is 4.98 Å². The van der Waals surface area contributed by atoms with E-state index in [4.69, 9.17) is 0 Å². The Bertz CT molecular complexity index is 754. The lowest BCUT2D eigenvalue weighted by molar-refractivity contribution is 1.14. The lowest BCUT2D eigenvalue weighted by Gasteiger charge is -1.99. The Morgan fingerprint density at radius 3 is 3.00 bits per heavy atom. The number of hydrogen-bond donors (Lipinski definition) is 1. The van der Waals surface area contributed by atoms with E-state index in [-0.39, 0.29) is 5.56 Å². The van der Waals surface area contributed by atoms with E-state index in [2.05, 4.69) is 9.97 Å². The van der Waals surface area contributed by atoms with Gasteiger partial charge in [0.05, 0.1) is 6.33 Å². The van der Waals surface area contributed by atoms with Crippen LogP contribution in [-0.2, 0) is 0 Å². The molecule has 3 rings (SSSR count). The summed E-state index contributed by atoms with van der Waals surface area (Å²) in [6.07, 6.45) is 9.26. The highest BCUT2D eigenvalue weighted by Crippen LogP contribution is 2.13. The zero-order valence-corrected chi connectivity index (χ0v) is 9.58. The van der Waals surface area contributed by atoms with Crippen molar-refractivity contribution in [2.75, 3.05) is 0 Å². The molecule has 2 heterocycles. The number of nitrogens with zero attached hydrogens (tertiary/aromatic N) is 2. The van der Waals surface area contributed by atoms with Crippen LogP contribution in [0.25, 0.3) is 23.2 Å². The van der Waals surface area contributed by atoms with Crippen LogP contribution in [0.2, 0.25) is 0 Å². The topological polar surface area (TPSA) is 50.7 Å². The SMILES string of the molecule is O=c1ccc2cc(C=Cn3ccnc3)ccc2[nH]1. The molecule has 3 aromatic rings. The molecular weight excluding hydrogens is 226 g/mol. The number of imidazole rings is 1. The van der Waals surface area contributed by atoms with Crippen molar-refractivity contribution < 1.29 is 0 Å². The molecular formula is C14H11N3O. The van der Waals surface area contributed by atoms with E-state index in [0.29, 0.717) is 0 Å². The molecule has 4 nitrogen and oxygen atoms in total. The summed E-state index contributed by atoms with van der Waals surface area (Å²) in [5.74, 6) is 0. The first kappa shape index (κ1) is 10.5. The minimum atomic E-state index is -0.0794. The number of aromatic nitrogens is 3. The molecule has 0 bridgehead atoms. The van der Waals surface area contributed by atoms with E-state index in [1.165, 1.54) is 6.07 Å². The molecule has 0 aliphatic carbocycles. The Hall–Kier alpha value is -2.62. The van der Waals surface area contributed by atoms with Crippen molar-refractivity contribution in [3.05, 3.63) is 65.0 Å². The minimum Gasteiger partial charge on any atom is -0.322 e. The smallest absolute Gasteiger partial charge is 0.248 e. The average Bonchev–Trinajstić information content (AvgIpc) is 2.89. The van der Waals surface area contributed by atoms with Crippen molar-refractivity contribution in [2.24, 2.45) is 0 Å². The minimum absolute atomic E-state index is 0.0794. The largest absolute Gasteiger partial charge is 0.322 e. The van der Waals surface area contributed by atoms with E-state index in [0.717, 1.165) is 16.5 Å². The summed E-state index contributed by atoms with van der Waals surface area (Å²) in [7, 11) is 0. The van der Waals surface area contributed by atoms with Crippen molar-refractivity contribution in [2.45, 2.75) is 0 Å². The summed E-state index contributed by atoms with van der Waals surface area (Å²) in [5, 5.41) is 1.02. The first-order chi connectivity index (χ1) is 8.81. The van der Waals surface area contributed by atoms with Gasteiger partial charge in [-0.15, -0.1) is 0 Å². The van der Waals surface area contributed by atoms with Crippen LogP contribution in [0.5, 0.6) is 0 Å². The molecule has 0 spiro atoms. The highest BCUT2D eigenvalue weighted by molar-refractivity contribution is 5.81. The van der Waals surface area contributed by atoms with Gasteiger partial charge in [0.2, 0.25) is 5.56 Å². The fourth-order valence-corrected chi connectivity index (χ4v) is 1.81. The van der Waals surface area contributed by atoms with Gasteiger partial charge < -0.3 is 9.55 Å². The van der Waals surface area contributed by atoms with Gasteiger partial charge in [-0.1, -0.05) is 6.07 Å². The van der Waals surface area contributed by atoms with Crippen LogP contribution >= 0.6 is 0 Å². The molecule has 18 heavy (non-hydrogen) atoms. The molecule has 88 valence electrons. The molecule has 0 unspecified atom stereocenters. The molecule has 0 radical (unpaired) electrons. The van der Waals surface area contributed by atoms with Crippen molar-refractivity contribution in [3.8, 4) is 0 Å². The second kappa shape index (κ2) is 4.33. The van der Waals surface area contributed by atoms with Crippen LogP contribution in [0.15, 0.2) is 53.8 Å². The van der Waals surface area contributed by atoms with Gasteiger partial charge in [-0.3, -0.25) is 4.79 Å². The fourth-order valence-electron chi connectivity index (χ4n) is 1.81. The second-order valence-electron chi connectivity index (χ2n) is 3.99. The maximum Gasteiger partial charge on any atom is 0.248 e. The third-order valence-electron chi connectivity index (χ3n) is 2.71. The van der Waals surface area contributed by atoms with Crippen LogP contribution in [-0.4, -0.2) is 14.5 Å². The number of hydrogen-bond acceptors (Lipinski definition) is 2. The third-order valence-corrected chi connectivity index (χ3v) is 2.71. The summed E-state index contributed by atoms with van der Waals surface area (Å²) >= 11 is 0. The number of aromatic amines is 1. The first-order valence-corrected chi connectivity index (χ1v) is 5.60. The van der Waals surface area contributed by atoms with E-state index in [9.17, 15) is 4.79 Å². The molecule has 1 aromatic carbocycles. The number of nitrogens with one attached hydrogen (secondary N) is 1. The number of benzene rings is 1. The van der Waals surface area contributed by atoms with Gasteiger partial charge in [-0.2, -0.15) is 0 Å². The van der Waals surface area contributed by atoms with Crippen LogP contribution in [0, 0.1) is 0 Å². The first-order valence-electron chi connectivity index (χ1n) is 5.60. The highest BCUT2D eigenvalue weighted by Gasteiger charge is 1.95. The Morgan fingerprint density at radius 1 is 1.22 bits per heavy atom. The average molecular weight is 237 g/mol. The number of rotatable bonds is 2. The van der Waals surface area contributed by atoms with E-state index < -0.39 is 0 Å². The van der Waals surface area contributed by atoms with Crippen molar-refractivity contribution >= 4 is 23.2 Å². The van der Waals surface area contributed by atoms with E-state index in [1.807, 2.05) is 47.3 Å². The molecule has 0 aliphatic heterocycles. The molecule has 1 N–H and O–H groups in total. The fraction of sp³-hybridized carbons (Fsp3) is 0. The predicted octanol–water partition coefficient (Wildman–Crippen LogP) is 2.35. The number of pyridine rings is 1. The number of fused-ring (bicyclic) bond motifs is 1. The lowest BCUT2D eigenvalue weighted by atomic mass is 10.1. The summed E-state index contributed by atoms with van der Waals surface area (Å²) < 4.78 is 1.87. The van der Waals surface area contributed by atoms with Crippen molar-refractivity contribution in [1.29, 1.82) is 0 Å². The summed E-state index contributed by atoms with van der Waals surface area (Å²) in [5.41, 5.74) is 1.84. The van der Waals surface area contributed by atoms with Crippen molar-refractivity contribution in [3.63, 3.8) is 0 Å². The van der Waals surface area contributed by atoms with Crippen LogP contribution in [0.4, 0.5) is 0 Å². The monoisotopic (exact) mass is 237 g/mol. The standard InChI is InChI=1S/C14H11N3O/c18-14-4-2-12-9-11(1-3-13(12)16-14)5-7-17-8-6-15-10-17/h1-10H,(H,16,18). The normalized spacial score (nSPS) is 11.3. The molecule has 0 amide bonds. The maximum atomic E-state index is 11.2. The molecule has 0 fully saturated rings.